The summed E-state index contributed by atoms with van der Waals surface area (Å²) in [7, 11) is -1.19. The van der Waals surface area contributed by atoms with Crippen LogP contribution >= 0.6 is 27.7 Å². The Morgan fingerprint density at radius 2 is 2.17 bits per heavy atom. The molecule has 0 aromatic rings. The SMILES string of the molecule is C=C(S/C=C(\C)Br)[C@](C)(CC1=NCCCN1)NS(=O)C(C)(C)C. The van der Waals surface area contributed by atoms with Gasteiger partial charge in [0.2, 0.25) is 0 Å². The molecule has 0 fully saturated rings. The molecule has 0 bridgehead atoms. The van der Waals surface area contributed by atoms with Crippen molar-refractivity contribution in [2.75, 3.05) is 13.1 Å². The van der Waals surface area contributed by atoms with E-state index in [1.165, 1.54) is 0 Å². The van der Waals surface area contributed by atoms with Gasteiger partial charge >= 0.3 is 0 Å². The summed E-state index contributed by atoms with van der Waals surface area (Å²) in [5.74, 6) is 0.957. The molecular weight excluding hydrogens is 394 g/mol. The maximum Gasteiger partial charge on any atom is 0.0985 e. The van der Waals surface area contributed by atoms with E-state index in [1.807, 2.05) is 40.0 Å². The third-order valence-electron chi connectivity index (χ3n) is 3.34. The van der Waals surface area contributed by atoms with Gasteiger partial charge < -0.3 is 5.32 Å². The molecule has 1 rings (SSSR count). The number of thioether (sulfide) groups is 1. The Labute approximate surface area is 155 Å². The van der Waals surface area contributed by atoms with Gasteiger partial charge in [0.1, 0.15) is 0 Å². The average Bonchev–Trinajstić information content (AvgIpc) is 2.44. The summed E-state index contributed by atoms with van der Waals surface area (Å²) in [5.41, 5.74) is -0.509. The molecular formula is C16H28BrN3OS2. The number of allylic oxidation sites excluding steroid dienone is 1. The van der Waals surface area contributed by atoms with Crippen LogP contribution in [0.4, 0.5) is 0 Å². The highest BCUT2D eigenvalue weighted by molar-refractivity contribution is 9.11. The molecule has 0 spiro atoms. The summed E-state index contributed by atoms with van der Waals surface area (Å²) >= 11 is 4.98. The third kappa shape index (κ3) is 7.11. The van der Waals surface area contributed by atoms with Gasteiger partial charge in [0.15, 0.2) is 0 Å². The highest BCUT2D eigenvalue weighted by Crippen LogP contribution is 2.33. The van der Waals surface area contributed by atoms with Gasteiger partial charge in [0.05, 0.1) is 27.1 Å². The van der Waals surface area contributed by atoms with Gasteiger partial charge in [-0.3, -0.25) is 4.99 Å². The topological polar surface area (TPSA) is 53.5 Å². The number of halogens is 1. The first kappa shape index (κ1) is 20.9. The Morgan fingerprint density at radius 3 is 2.65 bits per heavy atom. The number of nitrogens with zero attached hydrogens (tertiary/aromatic N) is 1. The Balaban J connectivity index is 2.98. The monoisotopic (exact) mass is 421 g/mol. The van der Waals surface area contributed by atoms with Gasteiger partial charge in [-0.1, -0.05) is 22.5 Å². The van der Waals surface area contributed by atoms with Crippen molar-refractivity contribution in [3.05, 3.63) is 21.4 Å². The van der Waals surface area contributed by atoms with Crippen LogP contribution in [0.5, 0.6) is 0 Å². The van der Waals surface area contributed by atoms with Crippen molar-refractivity contribution >= 4 is 44.5 Å². The molecule has 1 aliphatic heterocycles. The molecule has 1 aliphatic rings. The van der Waals surface area contributed by atoms with Crippen LogP contribution in [0.25, 0.3) is 0 Å². The fraction of sp³-hybridized carbons (Fsp3) is 0.688. The number of nitrogens with one attached hydrogen (secondary N) is 2. The highest BCUT2D eigenvalue weighted by Gasteiger charge is 2.35. The zero-order chi connectivity index (χ0) is 17.7. The molecule has 0 saturated carbocycles. The average molecular weight is 422 g/mol. The van der Waals surface area contributed by atoms with Crippen LogP contribution < -0.4 is 10.0 Å². The van der Waals surface area contributed by atoms with E-state index in [-0.39, 0.29) is 4.75 Å². The molecule has 132 valence electrons. The number of hydrogen-bond donors (Lipinski definition) is 2. The van der Waals surface area contributed by atoms with Crippen LogP contribution in [0.15, 0.2) is 26.4 Å². The largest absolute Gasteiger partial charge is 0.374 e. The first-order valence-corrected chi connectivity index (χ1v) is 10.5. The van der Waals surface area contributed by atoms with Crippen molar-refractivity contribution in [2.24, 2.45) is 4.99 Å². The second-order valence-electron chi connectivity index (χ2n) is 6.85. The molecule has 1 unspecified atom stereocenters. The Morgan fingerprint density at radius 1 is 1.52 bits per heavy atom. The molecule has 4 nitrogen and oxygen atoms in total. The van der Waals surface area contributed by atoms with Crippen LogP contribution in [-0.4, -0.2) is 33.4 Å². The van der Waals surface area contributed by atoms with Gasteiger partial charge in [-0.05, 0) is 50.9 Å². The predicted molar refractivity (Wildman–Crippen MR) is 108 cm³/mol. The van der Waals surface area contributed by atoms with Crippen LogP contribution in [0.2, 0.25) is 0 Å². The molecule has 0 amide bonds. The molecule has 7 heteroatoms. The fourth-order valence-electron chi connectivity index (χ4n) is 1.87. The maximum atomic E-state index is 12.6. The fourth-order valence-corrected chi connectivity index (χ4v) is 3.81. The van der Waals surface area contributed by atoms with E-state index in [0.717, 1.165) is 34.7 Å². The molecule has 0 aromatic carbocycles. The van der Waals surface area contributed by atoms with E-state index in [0.29, 0.717) is 6.42 Å². The van der Waals surface area contributed by atoms with Gasteiger partial charge in [-0.25, -0.2) is 8.93 Å². The van der Waals surface area contributed by atoms with Gasteiger partial charge in [-0.2, -0.15) is 0 Å². The van der Waals surface area contributed by atoms with Crippen molar-refractivity contribution < 1.29 is 4.21 Å². The molecule has 1 heterocycles. The van der Waals surface area contributed by atoms with Crippen molar-refractivity contribution in [3.8, 4) is 0 Å². The lowest BCUT2D eigenvalue weighted by atomic mass is 9.98. The number of hydrogen-bond acceptors (Lipinski definition) is 4. The molecule has 2 atom stereocenters. The van der Waals surface area contributed by atoms with Crippen molar-refractivity contribution in [3.63, 3.8) is 0 Å². The minimum absolute atomic E-state index is 0.338. The van der Waals surface area contributed by atoms with Crippen molar-refractivity contribution in [1.29, 1.82) is 0 Å². The van der Waals surface area contributed by atoms with E-state index in [4.69, 9.17) is 0 Å². The summed E-state index contributed by atoms with van der Waals surface area (Å²) in [6.07, 6.45) is 1.71. The van der Waals surface area contributed by atoms with Gasteiger partial charge in [0, 0.05) is 24.4 Å². The van der Waals surface area contributed by atoms with Crippen LogP contribution in [0.3, 0.4) is 0 Å². The summed E-state index contributed by atoms with van der Waals surface area (Å²) in [6.45, 7) is 15.9. The Bertz CT molecular complexity index is 522. The molecule has 2 N–H and O–H groups in total. The Kier molecular flexibility index (Phi) is 8.04. The summed E-state index contributed by atoms with van der Waals surface area (Å²) in [6, 6.07) is 0. The molecule has 23 heavy (non-hydrogen) atoms. The van der Waals surface area contributed by atoms with E-state index >= 15 is 0 Å². The first-order valence-electron chi connectivity index (χ1n) is 7.70. The van der Waals surface area contributed by atoms with Crippen LogP contribution in [0, 0.1) is 0 Å². The standard InChI is InChI=1S/C16H28BrN3OS2/c1-12(17)11-22-13(2)16(6,20-23(21)15(3,4)5)10-14-18-8-7-9-19-14/h11,20H,2,7-10H2,1,3-6H3,(H,18,19)/b12-11+/t16-,23?/m0/s1. The molecule has 0 saturated heterocycles. The number of rotatable bonds is 7. The maximum absolute atomic E-state index is 12.6. The smallest absolute Gasteiger partial charge is 0.0985 e. The van der Waals surface area contributed by atoms with Gasteiger partial charge in [0.25, 0.3) is 0 Å². The van der Waals surface area contributed by atoms with E-state index < -0.39 is 16.5 Å². The number of amidine groups is 1. The number of aliphatic imine (C=N–C) groups is 1. The second kappa shape index (κ2) is 8.83. The minimum Gasteiger partial charge on any atom is -0.374 e. The molecule has 0 aromatic heterocycles. The van der Waals surface area contributed by atoms with Crippen LogP contribution in [0.1, 0.15) is 47.5 Å². The summed E-state index contributed by atoms with van der Waals surface area (Å²) in [5, 5.41) is 5.34. The molecule has 0 radical (unpaired) electrons. The third-order valence-corrected chi connectivity index (χ3v) is 6.83. The zero-order valence-corrected chi connectivity index (χ0v) is 17.9. The second-order valence-corrected chi connectivity index (χ2v) is 11.0. The lowest BCUT2D eigenvalue weighted by molar-refractivity contribution is 0.518. The van der Waals surface area contributed by atoms with Crippen molar-refractivity contribution in [1.82, 2.24) is 10.0 Å². The van der Waals surface area contributed by atoms with Gasteiger partial charge in [-0.15, -0.1) is 11.8 Å². The Hall–Kier alpha value is -0.110. The van der Waals surface area contributed by atoms with E-state index in [9.17, 15) is 4.21 Å². The van der Waals surface area contributed by atoms with E-state index in [1.54, 1.807) is 11.8 Å². The molecule has 0 aliphatic carbocycles. The normalized spacial score (nSPS) is 20.3. The lowest BCUT2D eigenvalue weighted by Crippen LogP contribution is -2.51. The summed E-state index contributed by atoms with van der Waals surface area (Å²) in [4.78, 5) is 5.47. The first-order chi connectivity index (χ1) is 10.5. The zero-order valence-electron chi connectivity index (χ0n) is 14.7. The highest BCUT2D eigenvalue weighted by atomic mass is 79.9. The minimum atomic E-state index is -1.19. The van der Waals surface area contributed by atoms with Crippen molar-refractivity contribution in [2.45, 2.75) is 57.7 Å². The quantitative estimate of drug-likeness (QED) is 0.650. The van der Waals surface area contributed by atoms with Crippen LogP contribution in [-0.2, 0) is 11.0 Å². The summed E-state index contributed by atoms with van der Waals surface area (Å²) < 4.78 is 16.6. The predicted octanol–water partition coefficient (Wildman–Crippen LogP) is 4.08. The van der Waals surface area contributed by atoms with E-state index in [2.05, 4.69) is 37.5 Å². The lowest BCUT2D eigenvalue weighted by Gasteiger charge is -2.35.